The fraction of sp³-hybridized carbons (Fsp3) is 0.815. The molecule has 1 aromatic heterocycles. The number of amides is 2. The minimum atomic E-state index is -0.677. The standard InChI is InChI=1S/C27H45N5O2.ClH/c1-5-7-15-31-25(33)24(18-22-11-9-8-10-12-22)28-26(34)27(31)13-16-30(17-14-27)19-23-20(3)29-32(6-2)21(23)4;/h22,24H,5-19H2,1-4H3,(H,28,34);1H/t24-;/m0./s1. The third-order valence-corrected chi connectivity index (χ3v) is 8.73. The minimum absolute atomic E-state index is 0. The average molecular weight is 508 g/mol. The van der Waals surface area contributed by atoms with Gasteiger partial charge >= 0.3 is 0 Å². The van der Waals surface area contributed by atoms with Crippen molar-refractivity contribution in [2.24, 2.45) is 5.92 Å². The van der Waals surface area contributed by atoms with Crippen molar-refractivity contribution >= 4 is 24.2 Å². The first-order chi connectivity index (χ1) is 16.4. The van der Waals surface area contributed by atoms with Crippen molar-refractivity contribution < 1.29 is 9.59 Å². The van der Waals surface area contributed by atoms with Crippen molar-refractivity contribution in [1.82, 2.24) is 24.9 Å². The molecule has 0 radical (unpaired) electrons. The zero-order valence-corrected chi connectivity index (χ0v) is 23.1. The number of aromatic nitrogens is 2. The monoisotopic (exact) mass is 507 g/mol. The summed E-state index contributed by atoms with van der Waals surface area (Å²) in [4.78, 5) is 31.8. The summed E-state index contributed by atoms with van der Waals surface area (Å²) in [5.41, 5.74) is 2.96. The molecule has 198 valence electrons. The predicted molar refractivity (Wildman–Crippen MR) is 142 cm³/mol. The van der Waals surface area contributed by atoms with Crippen LogP contribution in [0.25, 0.3) is 0 Å². The van der Waals surface area contributed by atoms with Gasteiger partial charge in [0.2, 0.25) is 11.8 Å². The minimum Gasteiger partial charge on any atom is -0.342 e. The molecule has 35 heavy (non-hydrogen) atoms. The van der Waals surface area contributed by atoms with Crippen molar-refractivity contribution in [3.8, 4) is 0 Å². The maximum absolute atomic E-state index is 13.7. The quantitative estimate of drug-likeness (QED) is 0.567. The first kappa shape index (κ1) is 28.0. The lowest BCUT2D eigenvalue weighted by Crippen LogP contribution is -2.73. The number of unbranched alkanes of at least 4 members (excludes halogenated alkanes) is 1. The van der Waals surface area contributed by atoms with Crippen LogP contribution in [0.3, 0.4) is 0 Å². The molecule has 1 aliphatic carbocycles. The van der Waals surface area contributed by atoms with E-state index in [1.165, 1.54) is 43.4 Å². The molecule has 1 N–H and O–H groups in total. The molecule has 0 aromatic carbocycles. The van der Waals surface area contributed by atoms with Crippen LogP contribution in [-0.4, -0.2) is 62.6 Å². The number of aryl methyl sites for hydroxylation is 2. The Morgan fingerprint density at radius 2 is 1.74 bits per heavy atom. The molecule has 2 saturated heterocycles. The number of piperazine rings is 1. The van der Waals surface area contributed by atoms with Crippen molar-refractivity contribution in [2.45, 2.75) is 117 Å². The zero-order chi connectivity index (χ0) is 24.3. The molecule has 2 aliphatic heterocycles. The van der Waals surface area contributed by atoms with Crippen molar-refractivity contribution in [3.05, 3.63) is 17.0 Å². The Kier molecular flexibility index (Phi) is 9.67. The fourth-order valence-electron chi connectivity index (χ4n) is 6.50. The van der Waals surface area contributed by atoms with Crippen LogP contribution in [0, 0.1) is 19.8 Å². The maximum Gasteiger partial charge on any atom is 0.246 e. The number of nitrogens with one attached hydrogen (secondary N) is 1. The maximum atomic E-state index is 13.7. The van der Waals surface area contributed by atoms with Crippen molar-refractivity contribution in [1.29, 1.82) is 0 Å². The van der Waals surface area contributed by atoms with Gasteiger partial charge in [-0.05, 0) is 52.4 Å². The summed E-state index contributed by atoms with van der Waals surface area (Å²) in [5.74, 6) is 0.834. The van der Waals surface area contributed by atoms with Crippen LogP contribution in [0.5, 0.6) is 0 Å². The summed E-state index contributed by atoms with van der Waals surface area (Å²) >= 11 is 0. The van der Waals surface area contributed by atoms with Gasteiger partial charge in [-0.2, -0.15) is 5.10 Å². The number of carbonyl (C=O) groups is 2. The van der Waals surface area contributed by atoms with E-state index in [9.17, 15) is 9.59 Å². The normalized spacial score (nSPS) is 23.4. The highest BCUT2D eigenvalue weighted by atomic mass is 35.5. The summed E-state index contributed by atoms with van der Waals surface area (Å²) in [6.45, 7) is 12.6. The SMILES string of the molecule is CCCCN1C(=O)[C@H](CC2CCCCC2)NC(=O)C12CCN(Cc1c(C)nn(CC)c1C)CC2.Cl. The van der Waals surface area contributed by atoms with E-state index in [0.29, 0.717) is 25.3 Å². The van der Waals surface area contributed by atoms with E-state index >= 15 is 0 Å². The lowest BCUT2D eigenvalue weighted by Gasteiger charge is -2.52. The van der Waals surface area contributed by atoms with E-state index in [4.69, 9.17) is 0 Å². The topological polar surface area (TPSA) is 70.5 Å². The number of carbonyl (C=O) groups excluding carboxylic acids is 2. The smallest absolute Gasteiger partial charge is 0.246 e. The Morgan fingerprint density at radius 1 is 1.06 bits per heavy atom. The second-order valence-corrected chi connectivity index (χ2v) is 10.9. The molecule has 3 fully saturated rings. The number of halogens is 1. The second kappa shape index (κ2) is 12.1. The highest BCUT2D eigenvalue weighted by Gasteiger charge is 2.53. The van der Waals surface area contributed by atoms with Gasteiger partial charge in [0.1, 0.15) is 11.6 Å². The molecule has 0 unspecified atom stereocenters. The van der Waals surface area contributed by atoms with Gasteiger partial charge < -0.3 is 10.2 Å². The molecular weight excluding hydrogens is 462 g/mol. The molecule has 7 nitrogen and oxygen atoms in total. The lowest BCUT2D eigenvalue weighted by molar-refractivity contribution is -0.162. The van der Waals surface area contributed by atoms with E-state index in [0.717, 1.165) is 51.1 Å². The summed E-state index contributed by atoms with van der Waals surface area (Å²) in [6.07, 6.45) is 10.4. The first-order valence-corrected chi connectivity index (χ1v) is 13.8. The van der Waals surface area contributed by atoms with Gasteiger partial charge in [0.25, 0.3) is 0 Å². The summed E-state index contributed by atoms with van der Waals surface area (Å²) in [7, 11) is 0. The molecule has 3 aliphatic rings. The molecular formula is C27H46ClN5O2. The third kappa shape index (κ3) is 5.71. The van der Waals surface area contributed by atoms with Gasteiger partial charge in [-0.25, -0.2) is 0 Å². The lowest BCUT2D eigenvalue weighted by atomic mass is 9.79. The number of nitrogens with zero attached hydrogens (tertiary/aromatic N) is 4. The van der Waals surface area contributed by atoms with E-state index in [1.54, 1.807) is 0 Å². The number of piperidine rings is 1. The Balaban J connectivity index is 0.00000342. The number of hydrogen-bond donors (Lipinski definition) is 1. The number of hydrogen-bond acceptors (Lipinski definition) is 4. The van der Waals surface area contributed by atoms with Crippen LogP contribution in [-0.2, 0) is 22.7 Å². The Bertz CT molecular complexity index is 871. The third-order valence-electron chi connectivity index (χ3n) is 8.73. The fourth-order valence-corrected chi connectivity index (χ4v) is 6.50. The Labute approximate surface area is 217 Å². The van der Waals surface area contributed by atoms with Crippen LogP contribution in [0.15, 0.2) is 0 Å². The van der Waals surface area contributed by atoms with Crippen LogP contribution in [0.2, 0.25) is 0 Å². The summed E-state index contributed by atoms with van der Waals surface area (Å²) < 4.78 is 2.07. The highest BCUT2D eigenvalue weighted by Crippen LogP contribution is 2.36. The van der Waals surface area contributed by atoms with Gasteiger partial charge in [0.15, 0.2) is 0 Å². The molecule has 1 spiro atoms. The van der Waals surface area contributed by atoms with Crippen molar-refractivity contribution in [2.75, 3.05) is 19.6 Å². The van der Waals surface area contributed by atoms with Gasteiger partial charge in [-0.15, -0.1) is 12.4 Å². The summed E-state index contributed by atoms with van der Waals surface area (Å²) in [5, 5.41) is 7.89. The zero-order valence-electron chi connectivity index (χ0n) is 22.3. The van der Waals surface area contributed by atoms with Gasteiger partial charge in [0, 0.05) is 44.0 Å². The number of rotatable bonds is 8. The van der Waals surface area contributed by atoms with Crippen LogP contribution in [0.4, 0.5) is 0 Å². The Morgan fingerprint density at radius 3 is 2.34 bits per heavy atom. The van der Waals surface area contributed by atoms with E-state index in [-0.39, 0.29) is 30.3 Å². The van der Waals surface area contributed by atoms with E-state index in [1.807, 2.05) is 4.90 Å². The highest BCUT2D eigenvalue weighted by molar-refractivity contribution is 6.00. The van der Waals surface area contributed by atoms with Gasteiger partial charge in [-0.3, -0.25) is 19.2 Å². The average Bonchev–Trinajstić information content (AvgIpc) is 3.12. The molecule has 3 heterocycles. The largest absolute Gasteiger partial charge is 0.342 e. The van der Waals surface area contributed by atoms with Gasteiger partial charge in [-0.1, -0.05) is 45.4 Å². The number of likely N-dealkylation sites (tertiary alicyclic amines) is 1. The second-order valence-electron chi connectivity index (χ2n) is 10.9. The summed E-state index contributed by atoms with van der Waals surface area (Å²) in [6, 6.07) is -0.332. The van der Waals surface area contributed by atoms with E-state index in [2.05, 4.69) is 47.7 Å². The predicted octanol–water partition coefficient (Wildman–Crippen LogP) is 4.37. The first-order valence-electron chi connectivity index (χ1n) is 13.8. The van der Waals surface area contributed by atoms with E-state index < -0.39 is 5.54 Å². The molecule has 1 atom stereocenters. The molecule has 2 amide bonds. The molecule has 1 aromatic rings. The van der Waals surface area contributed by atoms with Crippen LogP contribution < -0.4 is 5.32 Å². The van der Waals surface area contributed by atoms with Crippen molar-refractivity contribution in [3.63, 3.8) is 0 Å². The molecule has 4 rings (SSSR count). The molecule has 0 bridgehead atoms. The van der Waals surface area contributed by atoms with Crippen LogP contribution >= 0.6 is 12.4 Å². The molecule has 1 saturated carbocycles. The Hall–Kier alpha value is -1.60. The van der Waals surface area contributed by atoms with Crippen LogP contribution in [0.1, 0.15) is 95.0 Å². The molecule has 8 heteroatoms. The van der Waals surface area contributed by atoms with Gasteiger partial charge in [0.05, 0.1) is 5.69 Å².